The van der Waals surface area contributed by atoms with E-state index in [9.17, 15) is 8.78 Å². The number of halogens is 2. The summed E-state index contributed by atoms with van der Waals surface area (Å²) < 4.78 is 40.6. The zero-order valence-corrected chi connectivity index (χ0v) is 10.9. The Labute approximate surface area is 120 Å². The van der Waals surface area contributed by atoms with Crippen LogP contribution in [-0.4, -0.2) is 0 Å². The van der Waals surface area contributed by atoms with Crippen LogP contribution in [-0.2, 0) is 4.74 Å². The second kappa shape index (κ2) is 7.69. The molecule has 0 unspecified atom stereocenters. The van der Waals surface area contributed by atoms with Gasteiger partial charge >= 0.3 is 11.9 Å². The van der Waals surface area contributed by atoms with Gasteiger partial charge in [0.15, 0.2) is 12.7 Å². The Morgan fingerprint density at radius 3 is 1.38 bits per heavy atom. The van der Waals surface area contributed by atoms with E-state index in [-0.39, 0.29) is 12.7 Å². The Morgan fingerprint density at radius 1 is 0.667 bits per heavy atom. The van der Waals surface area contributed by atoms with E-state index in [0.717, 1.165) is 0 Å². The van der Waals surface area contributed by atoms with E-state index in [2.05, 4.69) is 0 Å². The van der Waals surface area contributed by atoms with Crippen molar-refractivity contribution in [2.45, 2.75) is 0 Å². The van der Waals surface area contributed by atoms with Crippen molar-refractivity contribution in [3.05, 3.63) is 85.2 Å². The summed E-state index contributed by atoms with van der Waals surface area (Å²) in [7, 11) is 0. The molecule has 21 heavy (non-hydrogen) atoms. The highest BCUT2D eigenvalue weighted by Crippen LogP contribution is 2.19. The lowest BCUT2D eigenvalue weighted by Crippen LogP contribution is -2.05. The second-order valence-corrected chi connectivity index (χ2v) is 3.79. The number of ether oxygens (including phenoxy) is 3. The van der Waals surface area contributed by atoms with Crippen LogP contribution >= 0.6 is 0 Å². The zero-order chi connectivity index (χ0) is 14.9. The Balaban J connectivity index is 2.00. The van der Waals surface area contributed by atoms with Crippen LogP contribution in [0.25, 0.3) is 0 Å². The van der Waals surface area contributed by atoms with Crippen LogP contribution < -0.4 is 9.47 Å². The van der Waals surface area contributed by atoms with Gasteiger partial charge in [-0.25, -0.2) is 8.78 Å². The molecule has 0 aliphatic rings. The van der Waals surface area contributed by atoms with Gasteiger partial charge in [0.1, 0.15) is 11.5 Å². The van der Waals surface area contributed by atoms with Crippen molar-refractivity contribution in [1.29, 1.82) is 0 Å². The Bertz CT molecular complexity index is 554. The summed E-state index contributed by atoms with van der Waals surface area (Å²) in [6.07, 6.45) is 0.149. The van der Waals surface area contributed by atoms with Gasteiger partial charge in [0.25, 0.3) is 0 Å². The molecule has 0 aromatic heterocycles. The first kappa shape index (κ1) is 14.6. The highest BCUT2D eigenvalue weighted by atomic mass is 19.1. The van der Waals surface area contributed by atoms with Crippen molar-refractivity contribution in [2.75, 3.05) is 0 Å². The maximum absolute atomic E-state index is 12.8. The summed E-state index contributed by atoms with van der Waals surface area (Å²) in [4.78, 5) is 0. The quantitative estimate of drug-likeness (QED) is 0.722. The lowest BCUT2D eigenvalue weighted by Gasteiger charge is -2.12. The van der Waals surface area contributed by atoms with E-state index in [4.69, 9.17) is 14.2 Å². The normalized spacial score (nSPS) is 11.9. The molecule has 0 aliphatic carbocycles. The molecule has 0 radical (unpaired) electrons. The van der Waals surface area contributed by atoms with Crippen LogP contribution in [0.2, 0.25) is 0 Å². The minimum atomic E-state index is -0.541. The third-order valence-corrected chi connectivity index (χ3v) is 2.30. The topological polar surface area (TPSA) is 27.7 Å². The number of hydrogen-bond acceptors (Lipinski definition) is 3. The van der Waals surface area contributed by atoms with E-state index in [1.165, 1.54) is 0 Å². The van der Waals surface area contributed by atoms with E-state index in [0.29, 0.717) is 11.5 Å². The van der Waals surface area contributed by atoms with Crippen LogP contribution in [0.15, 0.2) is 85.2 Å². The maximum atomic E-state index is 12.8. The molecule has 0 fully saturated rings. The molecule has 0 heterocycles. The molecule has 0 amide bonds. The van der Waals surface area contributed by atoms with Gasteiger partial charge < -0.3 is 14.2 Å². The van der Waals surface area contributed by atoms with Crippen LogP contribution in [0.4, 0.5) is 8.78 Å². The first-order chi connectivity index (χ1) is 10.3. The molecular formula is C16H12F2O3. The lowest BCUT2D eigenvalue weighted by molar-refractivity contribution is 0.0797. The molecule has 0 N–H and O–H groups in total. The van der Waals surface area contributed by atoms with Crippen molar-refractivity contribution in [3.63, 3.8) is 0 Å². The summed E-state index contributed by atoms with van der Waals surface area (Å²) in [5, 5.41) is 0. The van der Waals surface area contributed by atoms with Crippen LogP contribution in [0.5, 0.6) is 11.5 Å². The van der Waals surface area contributed by atoms with Crippen LogP contribution in [0.1, 0.15) is 0 Å². The Morgan fingerprint density at radius 2 is 1.05 bits per heavy atom. The van der Waals surface area contributed by atoms with E-state index in [1.807, 2.05) is 0 Å². The number of rotatable bonds is 6. The van der Waals surface area contributed by atoms with Crippen LogP contribution in [0.3, 0.4) is 0 Å². The molecule has 0 saturated carbocycles. The van der Waals surface area contributed by atoms with Gasteiger partial charge in [0.2, 0.25) is 0 Å². The molecule has 0 atom stereocenters. The Kier molecular flexibility index (Phi) is 5.34. The van der Waals surface area contributed by atoms with Gasteiger partial charge in [0.05, 0.1) is 0 Å². The van der Waals surface area contributed by atoms with E-state index >= 15 is 0 Å². The molecule has 3 nitrogen and oxygen atoms in total. The monoisotopic (exact) mass is 290 g/mol. The number of para-hydroxylation sites is 2. The van der Waals surface area contributed by atoms with Gasteiger partial charge in [-0.3, -0.25) is 0 Å². The summed E-state index contributed by atoms with van der Waals surface area (Å²) in [5.41, 5.74) is 0. The standard InChI is InChI=1S/C16H12F2O3/c17-11-15(19-13-7-3-1-4-8-13)21-16(12-18)20-14-9-5-2-6-10-14/h1-12H. The fourth-order valence-corrected chi connectivity index (χ4v) is 1.44. The molecule has 0 saturated heterocycles. The van der Waals surface area contributed by atoms with Gasteiger partial charge in [-0.05, 0) is 24.3 Å². The largest absolute Gasteiger partial charge is 0.424 e. The average Bonchev–Trinajstić information content (AvgIpc) is 2.55. The lowest BCUT2D eigenvalue weighted by atomic mass is 10.3. The smallest absolute Gasteiger partial charge is 0.322 e. The molecule has 2 aromatic rings. The Hall–Kier alpha value is -2.82. The minimum Gasteiger partial charge on any atom is -0.424 e. The predicted octanol–water partition coefficient (Wildman–Crippen LogP) is 4.70. The van der Waals surface area contributed by atoms with Gasteiger partial charge in [-0.1, -0.05) is 36.4 Å². The molecule has 2 aromatic carbocycles. The molecule has 5 heteroatoms. The molecule has 0 aliphatic heterocycles. The predicted molar refractivity (Wildman–Crippen MR) is 73.6 cm³/mol. The number of benzene rings is 2. The van der Waals surface area contributed by atoms with Crippen molar-refractivity contribution >= 4 is 0 Å². The molecule has 108 valence electrons. The van der Waals surface area contributed by atoms with E-state index < -0.39 is 11.9 Å². The van der Waals surface area contributed by atoms with Gasteiger partial charge in [-0.15, -0.1) is 0 Å². The summed E-state index contributed by atoms with van der Waals surface area (Å²) in [5.74, 6) is -0.388. The third-order valence-electron chi connectivity index (χ3n) is 2.30. The van der Waals surface area contributed by atoms with Crippen LogP contribution in [0, 0.1) is 0 Å². The first-order valence-corrected chi connectivity index (χ1v) is 6.06. The SMILES string of the molecule is FC=C(OC(=CF)Oc1ccccc1)Oc1ccccc1. The summed E-state index contributed by atoms with van der Waals surface area (Å²) in [6.45, 7) is 0. The fourth-order valence-electron chi connectivity index (χ4n) is 1.44. The van der Waals surface area contributed by atoms with Crippen molar-refractivity contribution in [2.24, 2.45) is 0 Å². The minimum absolute atomic E-state index is 0.0743. The molecule has 2 rings (SSSR count). The molecular weight excluding hydrogens is 278 g/mol. The van der Waals surface area contributed by atoms with E-state index in [1.54, 1.807) is 60.7 Å². The highest BCUT2D eigenvalue weighted by molar-refractivity contribution is 5.24. The van der Waals surface area contributed by atoms with Gasteiger partial charge in [-0.2, -0.15) is 0 Å². The summed E-state index contributed by atoms with van der Waals surface area (Å²) >= 11 is 0. The maximum Gasteiger partial charge on any atom is 0.322 e. The average molecular weight is 290 g/mol. The summed E-state index contributed by atoms with van der Waals surface area (Å²) in [6, 6.07) is 16.8. The highest BCUT2D eigenvalue weighted by Gasteiger charge is 2.09. The van der Waals surface area contributed by atoms with Crippen molar-refractivity contribution in [3.8, 4) is 11.5 Å². The molecule has 0 spiro atoms. The van der Waals surface area contributed by atoms with Crippen molar-refractivity contribution in [1.82, 2.24) is 0 Å². The fraction of sp³-hybridized carbons (Fsp3) is 0. The second-order valence-electron chi connectivity index (χ2n) is 3.79. The number of hydrogen-bond donors (Lipinski definition) is 0. The third kappa shape index (κ3) is 4.65. The first-order valence-electron chi connectivity index (χ1n) is 6.06. The zero-order valence-electron chi connectivity index (χ0n) is 10.9. The van der Waals surface area contributed by atoms with Crippen molar-refractivity contribution < 1.29 is 23.0 Å². The van der Waals surface area contributed by atoms with Gasteiger partial charge in [0, 0.05) is 0 Å². The molecule has 0 bridgehead atoms.